The molecule has 19 heavy (non-hydrogen) atoms. The van der Waals surface area contributed by atoms with Crippen molar-refractivity contribution in [1.82, 2.24) is 10.2 Å². The van der Waals surface area contributed by atoms with Crippen LogP contribution in [0.4, 0.5) is 5.69 Å². The first kappa shape index (κ1) is 16.0. The summed E-state index contributed by atoms with van der Waals surface area (Å²) >= 11 is 11.6. The van der Waals surface area contributed by atoms with E-state index in [4.69, 9.17) is 28.3 Å². The number of hydrogen-bond acceptors (Lipinski definition) is 4. The molecule has 0 aliphatic carbocycles. The Bertz CT molecular complexity index is 441. The minimum Gasteiger partial charge on any atom is -0.481 e. The van der Waals surface area contributed by atoms with E-state index < -0.39 is 5.97 Å². The van der Waals surface area contributed by atoms with Crippen LogP contribution in [0.25, 0.3) is 0 Å². The number of halogens is 2. The second kappa shape index (κ2) is 7.50. The van der Waals surface area contributed by atoms with Crippen molar-refractivity contribution in [3.63, 3.8) is 0 Å². The molecule has 0 saturated carbocycles. The molecule has 0 spiro atoms. The molecule has 5 nitrogen and oxygen atoms in total. The van der Waals surface area contributed by atoms with Gasteiger partial charge in [-0.15, -0.1) is 10.2 Å². The van der Waals surface area contributed by atoms with Gasteiger partial charge in [0.05, 0.1) is 5.69 Å². The highest BCUT2D eigenvalue weighted by Crippen LogP contribution is 2.23. The van der Waals surface area contributed by atoms with Crippen molar-refractivity contribution in [2.45, 2.75) is 26.7 Å². The Morgan fingerprint density at radius 2 is 2.11 bits per heavy atom. The van der Waals surface area contributed by atoms with E-state index in [1.165, 1.54) is 0 Å². The van der Waals surface area contributed by atoms with E-state index in [2.05, 4.69) is 29.4 Å². The van der Waals surface area contributed by atoms with Gasteiger partial charge in [0.15, 0.2) is 10.3 Å². The number of aromatic nitrogens is 2. The van der Waals surface area contributed by atoms with Gasteiger partial charge in [-0.25, -0.2) is 0 Å². The van der Waals surface area contributed by atoms with E-state index in [9.17, 15) is 4.79 Å². The summed E-state index contributed by atoms with van der Waals surface area (Å²) < 4.78 is 0. The Morgan fingerprint density at radius 1 is 1.42 bits per heavy atom. The molecule has 0 radical (unpaired) electrons. The molecule has 1 aromatic heterocycles. The third-order valence-corrected chi connectivity index (χ3v) is 3.03. The van der Waals surface area contributed by atoms with Gasteiger partial charge in [0.2, 0.25) is 0 Å². The highest BCUT2D eigenvalue weighted by atomic mass is 35.5. The lowest BCUT2D eigenvalue weighted by Crippen LogP contribution is -2.20. The number of rotatable bonds is 7. The monoisotopic (exact) mass is 305 g/mol. The van der Waals surface area contributed by atoms with Gasteiger partial charge in [-0.2, -0.15) is 0 Å². The largest absolute Gasteiger partial charge is 0.481 e. The van der Waals surface area contributed by atoms with E-state index in [0.717, 1.165) is 6.42 Å². The SMILES string of the molecule is CC(C)CC(CNc1cc(Cl)nnc1Cl)CC(=O)O. The normalized spacial score (nSPS) is 12.5. The highest BCUT2D eigenvalue weighted by Gasteiger charge is 2.15. The van der Waals surface area contributed by atoms with Crippen LogP contribution in [-0.4, -0.2) is 27.8 Å². The number of hydrogen-bond donors (Lipinski definition) is 2. The van der Waals surface area contributed by atoms with Gasteiger partial charge >= 0.3 is 5.97 Å². The maximum Gasteiger partial charge on any atom is 0.303 e. The Labute approximate surface area is 122 Å². The number of nitrogens with zero attached hydrogens (tertiary/aromatic N) is 2. The molecule has 7 heteroatoms. The zero-order chi connectivity index (χ0) is 14.4. The minimum atomic E-state index is -0.801. The fourth-order valence-electron chi connectivity index (χ4n) is 1.88. The fourth-order valence-corrected chi connectivity index (χ4v) is 2.19. The van der Waals surface area contributed by atoms with Crippen LogP contribution in [0.15, 0.2) is 6.07 Å². The minimum absolute atomic E-state index is 0.0282. The van der Waals surface area contributed by atoms with Gasteiger partial charge in [0, 0.05) is 19.0 Å². The van der Waals surface area contributed by atoms with Crippen molar-refractivity contribution in [2.75, 3.05) is 11.9 Å². The predicted molar refractivity (Wildman–Crippen MR) is 75.7 cm³/mol. The summed E-state index contributed by atoms with van der Waals surface area (Å²) in [6, 6.07) is 1.57. The summed E-state index contributed by atoms with van der Waals surface area (Å²) in [5.74, 6) is -0.342. The van der Waals surface area contributed by atoms with Crippen molar-refractivity contribution in [3.05, 3.63) is 16.4 Å². The van der Waals surface area contributed by atoms with Gasteiger partial charge in [-0.1, -0.05) is 37.0 Å². The summed E-state index contributed by atoms with van der Waals surface area (Å²) in [4.78, 5) is 10.8. The number of nitrogens with one attached hydrogen (secondary N) is 1. The lowest BCUT2D eigenvalue weighted by Gasteiger charge is -2.18. The third-order valence-electron chi connectivity index (χ3n) is 2.57. The summed E-state index contributed by atoms with van der Waals surface area (Å²) in [5, 5.41) is 19.7. The van der Waals surface area contributed by atoms with Crippen molar-refractivity contribution in [2.24, 2.45) is 11.8 Å². The summed E-state index contributed by atoms with van der Waals surface area (Å²) in [5.41, 5.74) is 0.570. The van der Waals surface area contributed by atoms with Gasteiger partial charge < -0.3 is 10.4 Å². The molecule has 0 bridgehead atoms. The standard InChI is InChI=1S/C12H17Cl2N3O2/c1-7(2)3-8(4-11(18)19)6-15-9-5-10(13)16-17-12(9)14/h5,7-8H,3-4,6H2,1-2H3,(H,15,16)(H,18,19). The van der Waals surface area contributed by atoms with Crippen LogP contribution in [0.2, 0.25) is 10.3 Å². The molecular formula is C12H17Cl2N3O2. The second-order valence-electron chi connectivity index (χ2n) is 4.85. The van der Waals surface area contributed by atoms with Crippen molar-refractivity contribution in [1.29, 1.82) is 0 Å². The van der Waals surface area contributed by atoms with Crippen LogP contribution in [0.3, 0.4) is 0 Å². The smallest absolute Gasteiger partial charge is 0.303 e. The van der Waals surface area contributed by atoms with Gasteiger partial charge in [0.1, 0.15) is 0 Å². The quantitative estimate of drug-likeness (QED) is 0.808. The predicted octanol–water partition coefficient (Wildman–Crippen LogP) is 3.33. The lowest BCUT2D eigenvalue weighted by molar-refractivity contribution is -0.138. The fraction of sp³-hybridized carbons (Fsp3) is 0.583. The molecular weight excluding hydrogens is 289 g/mol. The molecule has 1 atom stereocenters. The molecule has 0 aromatic carbocycles. The average molecular weight is 306 g/mol. The summed E-state index contributed by atoms with van der Waals surface area (Å²) in [6.07, 6.45) is 0.943. The van der Waals surface area contributed by atoms with Crippen LogP contribution in [0.5, 0.6) is 0 Å². The number of anilines is 1. The van der Waals surface area contributed by atoms with E-state index in [1.54, 1.807) is 6.07 Å². The lowest BCUT2D eigenvalue weighted by atomic mass is 9.94. The third kappa shape index (κ3) is 6.07. The van der Waals surface area contributed by atoms with Crippen LogP contribution in [-0.2, 0) is 4.79 Å². The Balaban J connectivity index is 2.64. The molecule has 106 valence electrons. The molecule has 0 amide bonds. The molecule has 1 heterocycles. The van der Waals surface area contributed by atoms with E-state index >= 15 is 0 Å². The van der Waals surface area contributed by atoms with Crippen molar-refractivity contribution >= 4 is 34.9 Å². The van der Waals surface area contributed by atoms with Crippen LogP contribution < -0.4 is 5.32 Å². The Hall–Kier alpha value is -1.07. The molecule has 0 aliphatic rings. The van der Waals surface area contributed by atoms with Crippen molar-refractivity contribution < 1.29 is 9.90 Å². The molecule has 0 fully saturated rings. The summed E-state index contributed by atoms with van der Waals surface area (Å²) in [7, 11) is 0. The van der Waals surface area contributed by atoms with Crippen LogP contribution in [0, 0.1) is 11.8 Å². The van der Waals surface area contributed by atoms with E-state index in [0.29, 0.717) is 18.2 Å². The van der Waals surface area contributed by atoms with Gasteiger partial charge in [-0.3, -0.25) is 4.79 Å². The zero-order valence-corrected chi connectivity index (χ0v) is 12.4. The topological polar surface area (TPSA) is 75.1 Å². The van der Waals surface area contributed by atoms with Crippen molar-refractivity contribution in [3.8, 4) is 0 Å². The maximum absolute atomic E-state index is 10.8. The van der Waals surface area contributed by atoms with Gasteiger partial charge in [0.25, 0.3) is 0 Å². The first-order valence-electron chi connectivity index (χ1n) is 6.03. The van der Waals surface area contributed by atoms with Crippen LogP contribution >= 0.6 is 23.2 Å². The first-order chi connectivity index (χ1) is 8.88. The molecule has 0 aliphatic heterocycles. The Morgan fingerprint density at radius 3 is 2.68 bits per heavy atom. The number of carbonyl (C=O) groups is 1. The maximum atomic E-state index is 10.8. The Kier molecular flexibility index (Phi) is 6.31. The molecule has 1 unspecified atom stereocenters. The van der Waals surface area contributed by atoms with Gasteiger partial charge in [-0.05, 0) is 18.3 Å². The first-order valence-corrected chi connectivity index (χ1v) is 6.78. The van der Waals surface area contributed by atoms with E-state index in [1.807, 2.05) is 0 Å². The second-order valence-corrected chi connectivity index (χ2v) is 5.59. The molecule has 1 rings (SSSR count). The van der Waals surface area contributed by atoms with Crippen LogP contribution in [0.1, 0.15) is 26.7 Å². The molecule has 2 N–H and O–H groups in total. The number of carboxylic acids is 1. The number of aliphatic carboxylic acids is 1. The molecule has 0 saturated heterocycles. The highest BCUT2D eigenvalue weighted by molar-refractivity contribution is 6.33. The average Bonchev–Trinajstić information content (AvgIpc) is 2.28. The zero-order valence-electron chi connectivity index (χ0n) is 10.9. The number of carboxylic acid groups (broad SMARTS) is 1. The summed E-state index contributed by atoms with van der Waals surface area (Å²) in [6.45, 7) is 4.63. The molecule has 1 aromatic rings. The van der Waals surface area contributed by atoms with E-state index in [-0.39, 0.29) is 22.6 Å².